The number of carbonyl (C=O) groups is 1. The summed E-state index contributed by atoms with van der Waals surface area (Å²) in [4.78, 5) is 12.9. The van der Waals surface area contributed by atoms with Gasteiger partial charge in [-0.05, 0) is 32.0 Å². The number of ether oxygens (including phenoxy) is 1. The molecule has 0 saturated heterocycles. The average molecular weight is 223 g/mol. The van der Waals surface area contributed by atoms with Crippen LogP contribution in [-0.2, 0) is 0 Å². The zero-order valence-corrected chi connectivity index (χ0v) is 9.86. The molecule has 0 fully saturated rings. The molecule has 0 aliphatic rings. The minimum atomic E-state index is -0.940. The summed E-state index contributed by atoms with van der Waals surface area (Å²) in [7, 11) is 1.55. The van der Waals surface area contributed by atoms with Gasteiger partial charge in [0.2, 0.25) is 0 Å². The normalized spacial score (nSPS) is 9.94. The summed E-state index contributed by atoms with van der Waals surface area (Å²) in [6.07, 6.45) is 0. The van der Waals surface area contributed by atoms with Crippen LogP contribution in [0.3, 0.4) is 0 Å². The molecule has 0 saturated carbocycles. The first kappa shape index (κ1) is 12.4. The Kier molecular flexibility index (Phi) is 4.17. The predicted molar refractivity (Wildman–Crippen MR) is 63.5 cm³/mol. The topological polar surface area (TPSA) is 49.8 Å². The fraction of sp³-hybridized carbons (Fsp3) is 0.417. The largest absolute Gasteiger partial charge is 0.495 e. The van der Waals surface area contributed by atoms with Crippen molar-refractivity contribution in [1.29, 1.82) is 0 Å². The Morgan fingerprint density at radius 1 is 1.38 bits per heavy atom. The second-order valence-corrected chi connectivity index (χ2v) is 3.36. The van der Waals surface area contributed by atoms with E-state index < -0.39 is 5.97 Å². The van der Waals surface area contributed by atoms with E-state index in [0.717, 1.165) is 18.8 Å². The van der Waals surface area contributed by atoms with Crippen LogP contribution in [0, 0.1) is 0 Å². The quantitative estimate of drug-likeness (QED) is 0.831. The molecule has 0 atom stereocenters. The van der Waals surface area contributed by atoms with Crippen LogP contribution in [0.2, 0.25) is 0 Å². The number of hydrogen-bond acceptors (Lipinski definition) is 3. The highest BCUT2D eigenvalue weighted by Gasteiger charge is 2.12. The number of rotatable bonds is 5. The van der Waals surface area contributed by atoms with Gasteiger partial charge in [0.25, 0.3) is 0 Å². The van der Waals surface area contributed by atoms with Gasteiger partial charge in [-0.3, -0.25) is 0 Å². The first-order valence-electron chi connectivity index (χ1n) is 5.30. The van der Waals surface area contributed by atoms with Crippen LogP contribution in [-0.4, -0.2) is 31.3 Å². The maximum Gasteiger partial charge on any atom is 0.335 e. The molecule has 4 heteroatoms. The fourth-order valence-corrected chi connectivity index (χ4v) is 1.64. The van der Waals surface area contributed by atoms with E-state index >= 15 is 0 Å². The molecule has 1 N–H and O–H groups in total. The number of benzene rings is 1. The third-order valence-electron chi connectivity index (χ3n) is 2.53. The van der Waals surface area contributed by atoms with Crippen LogP contribution in [0.15, 0.2) is 18.2 Å². The van der Waals surface area contributed by atoms with Crippen LogP contribution in [0.25, 0.3) is 0 Å². The lowest BCUT2D eigenvalue weighted by molar-refractivity contribution is 0.0696. The number of anilines is 1. The molecule has 0 spiro atoms. The number of carboxylic acids is 1. The highest BCUT2D eigenvalue weighted by molar-refractivity contribution is 5.89. The highest BCUT2D eigenvalue weighted by Crippen LogP contribution is 2.29. The molecule has 1 aromatic rings. The van der Waals surface area contributed by atoms with Gasteiger partial charge >= 0.3 is 5.97 Å². The van der Waals surface area contributed by atoms with Crippen molar-refractivity contribution in [3.05, 3.63) is 23.8 Å². The Labute approximate surface area is 95.5 Å². The van der Waals surface area contributed by atoms with Gasteiger partial charge in [-0.1, -0.05) is 0 Å². The molecule has 0 radical (unpaired) electrons. The zero-order chi connectivity index (χ0) is 12.1. The summed E-state index contributed by atoms with van der Waals surface area (Å²) in [6, 6.07) is 4.93. The third-order valence-corrected chi connectivity index (χ3v) is 2.53. The molecule has 0 amide bonds. The van der Waals surface area contributed by atoms with Crippen molar-refractivity contribution in [2.24, 2.45) is 0 Å². The minimum absolute atomic E-state index is 0.243. The Morgan fingerprint density at radius 2 is 2.00 bits per heavy atom. The standard InChI is InChI=1S/C12H17NO3/c1-4-13(5-2)10-7-6-9(12(14)15)8-11(10)16-3/h6-8H,4-5H2,1-3H3,(H,14,15). The molecule has 88 valence electrons. The van der Waals surface area contributed by atoms with Crippen molar-refractivity contribution in [2.45, 2.75) is 13.8 Å². The number of carboxylic acid groups (broad SMARTS) is 1. The lowest BCUT2D eigenvalue weighted by atomic mass is 10.1. The van der Waals surface area contributed by atoms with E-state index in [2.05, 4.69) is 4.90 Å². The van der Waals surface area contributed by atoms with Gasteiger partial charge in [-0.2, -0.15) is 0 Å². The van der Waals surface area contributed by atoms with Crippen LogP contribution in [0.4, 0.5) is 5.69 Å². The van der Waals surface area contributed by atoms with Crippen LogP contribution >= 0.6 is 0 Å². The van der Waals surface area contributed by atoms with Gasteiger partial charge in [0, 0.05) is 13.1 Å². The zero-order valence-electron chi connectivity index (χ0n) is 9.86. The van der Waals surface area contributed by atoms with Crippen molar-refractivity contribution in [2.75, 3.05) is 25.1 Å². The van der Waals surface area contributed by atoms with Crippen molar-refractivity contribution in [3.63, 3.8) is 0 Å². The van der Waals surface area contributed by atoms with Crippen molar-refractivity contribution in [1.82, 2.24) is 0 Å². The lowest BCUT2D eigenvalue weighted by Gasteiger charge is -2.23. The van der Waals surface area contributed by atoms with E-state index in [1.165, 1.54) is 0 Å². The lowest BCUT2D eigenvalue weighted by Crippen LogP contribution is -2.22. The summed E-state index contributed by atoms with van der Waals surface area (Å²) < 4.78 is 5.22. The molecule has 4 nitrogen and oxygen atoms in total. The van der Waals surface area contributed by atoms with E-state index in [4.69, 9.17) is 9.84 Å². The number of nitrogens with zero attached hydrogens (tertiary/aromatic N) is 1. The maximum atomic E-state index is 10.8. The molecule has 0 aliphatic heterocycles. The molecule has 1 rings (SSSR count). The molecule has 0 aromatic heterocycles. The number of aromatic carboxylic acids is 1. The van der Waals surface area contributed by atoms with Gasteiger partial charge in [0.15, 0.2) is 0 Å². The van der Waals surface area contributed by atoms with Crippen molar-refractivity contribution >= 4 is 11.7 Å². The molecule has 0 bridgehead atoms. The second-order valence-electron chi connectivity index (χ2n) is 3.36. The van der Waals surface area contributed by atoms with E-state index in [1.54, 1.807) is 25.3 Å². The van der Waals surface area contributed by atoms with Gasteiger partial charge < -0.3 is 14.7 Å². The third kappa shape index (κ3) is 2.45. The molecule has 0 heterocycles. The molecular weight excluding hydrogens is 206 g/mol. The van der Waals surface area contributed by atoms with E-state index in [-0.39, 0.29) is 5.56 Å². The van der Waals surface area contributed by atoms with Crippen LogP contribution in [0.5, 0.6) is 5.75 Å². The summed E-state index contributed by atoms with van der Waals surface area (Å²) in [5.41, 5.74) is 1.17. The predicted octanol–water partition coefficient (Wildman–Crippen LogP) is 2.24. The van der Waals surface area contributed by atoms with E-state index in [0.29, 0.717) is 5.75 Å². The van der Waals surface area contributed by atoms with E-state index in [9.17, 15) is 4.79 Å². The Hall–Kier alpha value is -1.71. The van der Waals surface area contributed by atoms with Crippen LogP contribution in [0.1, 0.15) is 24.2 Å². The Morgan fingerprint density at radius 3 is 2.44 bits per heavy atom. The SMILES string of the molecule is CCN(CC)c1ccc(C(=O)O)cc1OC. The van der Waals surface area contributed by atoms with Gasteiger partial charge in [-0.25, -0.2) is 4.79 Å². The summed E-state index contributed by atoms with van der Waals surface area (Å²) in [6.45, 7) is 5.82. The summed E-state index contributed by atoms with van der Waals surface area (Å²) in [5, 5.41) is 8.88. The fourth-order valence-electron chi connectivity index (χ4n) is 1.64. The van der Waals surface area contributed by atoms with Crippen molar-refractivity contribution in [3.8, 4) is 5.75 Å². The molecule has 0 unspecified atom stereocenters. The smallest absolute Gasteiger partial charge is 0.335 e. The molecule has 1 aromatic carbocycles. The monoisotopic (exact) mass is 223 g/mol. The first-order chi connectivity index (χ1) is 7.63. The Balaban J connectivity index is 3.15. The molecular formula is C12H17NO3. The summed E-state index contributed by atoms with van der Waals surface area (Å²) in [5.74, 6) is -0.340. The highest BCUT2D eigenvalue weighted by atomic mass is 16.5. The minimum Gasteiger partial charge on any atom is -0.495 e. The number of methoxy groups -OCH3 is 1. The van der Waals surface area contributed by atoms with Gasteiger partial charge in [0.1, 0.15) is 5.75 Å². The average Bonchev–Trinajstić information content (AvgIpc) is 2.30. The van der Waals surface area contributed by atoms with Crippen molar-refractivity contribution < 1.29 is 14.6 Å². The molecule has 0 aliphatic carbocycles. The Bertz CT molecular complexity index is 373. The second kappa shape index (κ2) is 5.39. The summed E-state index contributed by atoms with van der Waals surface area (Å²) >= 11 is 0. The van der Waals surface area contributed by atoms with Gasteiger partial charge in [-0.15, -0.1) is 0 Å². The van der Waals surface area contributed by atoms with E-state index in [1.807, 2.05) is 13.8 Å². The van der Waals surface area contributed by atoms with Gasteiger partial charge in [0.05, 0.1) is 18.4 Å². The maximum absolute atomic E-state index is 10.8. The van der Waals surface area contributed by atoms with Crippen LogP contribution < -0.4 is 9.64 Å². The first-order valence-corrected chi connectivity index (χ1v) is 5.30. The molecule has 16 heavy (non-hydrogen) atoms. The number of hydrogen-bond donors (Lipinski definition) is 1.